The number of amides is 2. The first-order valence-corrected chi connectivity index (χ1v) is 13.2. The van der Waals surface area contributed by atoms with Crippen molar-refractivity contribution < 1.29 is 28.5 Å². The van der Waals surface area contributed by atoms with E-state index in [1.54, 1.807) is 60.5 Å². The molecule has 1 aliphatic carbocycles. The molecule has 1 heterocycles. The first kappa shape index (κ1) is 27.1. The van der Waals surface area contributed by atoms with Crippen LogP contribution >= 0.6 is 11.6 Å². The second-order valence-electron chi connectivity index (χ2n) is 10.4. The average molecular weight is 555 g/mol. The quantitative estimate of drug-likeness (QED) is 0.416. The molecule has 5 rings (SSSR count). The summed E-state index contributed by atoms with van der Waals surface area (Å²) in [6, 6.07) is 15.4. The maximum absolute atomic E-state index is 14.6. The molecule has 0 unspecified atom stereocenters. The molecule has 0 radical (unpaired) electrons. The minimum atomic E-state index is -1.82. The number of aliphatic hydroxyl groups is 1. The number of methoxy groups -OCH3 is 2. The van der Waals surface area contributed by atoms with Crippen molar-refractivity contribution in [3.8, 4) is 17.2 Å². The van der Waals surface area contributed by atoms with Crippen LogP contribution in [0.3, 0.4) is 0 Å². The number of rotatable bonds is 6. The Morgan fingerprint density at radius 3 is 2.49 bits per heavy atom. The normalized spacial score (nSPS) is 25.1. The highest BCUT2D eigenvalue weighted by Gasteiger charge is 2.74. The van der Waals surface area contributed by atoms with Gasteiger partial charge in [0.1, 0.15) is 23.1 Å². The van der Waals surface area contributed by atoms with E-state index in [1.807, 2.05) is 13.8 Å². The highest BCUT2D eigenvalue weighted by molar-refractivity contribution is 6.30. The molecule has 1 aliphatic heterocycles. The maximum atomic E-state index is 14.6. The lowest BCUT2D eigenvalue weighted by Crippen LogP contribution is -2.58. The molecule has 1 saturated carbocycles. The van der Waals surface area contributed by atoms with Crippen LogP contribution in [0.2, 0.25) is 5.02 Å². The standard InChI is InChI=1S/C30H32ClFN2O5/c1-17(2)34(3)28(35)33-26-16-23(18-7-6-8-21(32)13-18)30(19-9-11-20(31)12-10-19)29(26,36)27-24(38-5)14-22(37-4)15-25(27)39-30/h6-15,17,23,26,36H,16H2,1-5H3,(H,33,35)/t23-,26-,29+,30-/m0/s1. The van der Waals surface area contributed by atoms with Crippen molar-refractivity contribution in [2.75, 3.05) is 21.3 Å². The van der Waals surface area contributed by atoms with E-state index in [0.29, 0.717) is 39.0 Å². The van der Waals surface area contributed by atoms with Gasteiger partial charge in [-0.3, -0.25) is 0 Å². The van der Waals surface area contributed by atoms with Gasteiger partial charge in [0.2, 0.25) is 0 Å². The zero-order valence-electron chi connectivity index (χ0n) is 22.5. The van der Waals surface area contributed by atoms with Gasteiger partial charge in [0.05, 0.1) is 25.8 Å². The fourth-order valence-electron chi connectivity index (χ4n) is 6.00. The van der Waals surface area contributed by atoms with Gasteiger partial charge >= 0.3 is 6.03 Å². The van der Waals surface area contributed by atoms with Crippen molar-refractivity contribution >= 4 is 17.6 Å². The number of carbonyl (C=O) groups excluding carboxylic acids is 1. The van der Waals surface area contributed by atoms with E-state index in [0.717, 1.165) is 0 Å². The van der Waals surface area contributed by atoms with Crippen molar-refractivity contribution in [1.82, 2.24) is 10.2 Å². The fraction of sp³-hybridized carbons (Fsp3) is 0.367. The summed E-state index contributed by atoms with van der Waals surface area (Å²) in [5.74, 6) is 0.185. The number of urea groups is 1. The zero-order valence-corrected chi connectivity index (χ0v) is 23.3. The number of nitrogens with zero attached hydrogens (tertiary/aromatic N) is 1. The molecule has 0 spiro atoms. The van der Waals surface area contributed by atoms with E-state index < -0.39 is 29.0 Å². The summed E-state index contributed by atoms with van der Waals surface area (Å²) in [6.45, 7) is 3.81. The lowest BCUT2D eigenvalue weighted by Gasteiger charge is -2.42. The van der Waals surface area contributed by atoms with Gasteiger partial charge in [-0.15, -0.1) is 0 Å². The first-order valence-electron chi connectivity index (χ1n) is 12.8. The zero-order chi connectivity index (χ0) is 28.1. The number of fused-ring (bicyclic) bond motifs is 3. The Bertz CT molecular complexity index is 1400. The van der Waals surface area contributed by atoms with E-state index in [-0.39, 0.29) is 18.5 Å². The molecule has 206 valence electrons. The van der Waals surface area contributed by atoms with Gasteiger partial charge in [-0.05, 0) is 55.7 Å². The van der Waals surface area contributed by atoms with Crippen LogP contribution in [0.4, 0.5) is 9.18 Å². The minimum Gasteiger partial charge on any atom is -0.496 e. The second-order valence-corrected chi connectivity index (χ2v) is 10.8. The molecule has 2 N–H and O–H groups in total. The summed E-state index contributed by atoms with van der Waals surface area (Å²) in [7, 11) is 4.72. The largest absolute Gasteiger partial charge is 0.496 e. The minimum absolute atomic E-state index is 0.0769. The van der Waals surface area contributed by atoms with Crippen LogP contribution in [0.5, 0.6) is 17.2 Å². The number of carbonyl (C=O) groups is 1. The van der Waals surface area contributed by atoms with Crippen LogP contribution < -0.4 is 19.5 Å². The summed E-state index contributed by atoms with van der Waals surface area (Å²) in [4.78, 5) is 14.9. The Balaban J connectivity index is 1.80. The van der Waals surface area contributed by atoms with E-state index in [1.165, 1.54) is 26.4 Å². The molecule has 4 atom stereocenters. The van der Waals surface area contributed by atoms with Crippen molar-refractivity contribution in [3.63, 3.8) is 0 Å². The molecule has 0 saturated heterocycles. The van der Waals surface area contributed by atoms with Gasteiger partial charge in [0, 0.05) is 36.2 Å². The smallest absolute Gasteiger partial charge is 0.317 e. The van der Waals surface area contributed by atoms with Gasteiger partial charge in [0.25, 0.3) is 0 Å². The Morgan fingerprint density at radius 2 is 1.87 bits per heavy atom. The molecule has 2 amide bonds. The lowest BCUT2D eigenvalue weighted by molar-refractivity contribution is -0.116. The van der Waals surface area contributed by atoms with Crippen LogP contribution in [0.25, 0.3) is 0 Å². The summed E-state index contributed by atoms with van der Waals surface area (Å²) >= 11 is 6.25. The first-order chi connectivity index (χ1) is 18.6. The van der Waals surface area contributed by atoms with E-state index >= 15 is 0 Å². The Kier molecular flexibility index (Phi) is 6.89. The van der Waals surface area contributed by atoms with Crippen LogP contribution in [-0.2, 0) is 11.2 Å². The summed E-state index contributed by atoms with van der Waals surface area (Å²) in [5, 5.41) is 16.6. The van der Waals surface area contributed by atoms with Crippen LogP contribution in [0.1, 0.15) is 42.9 Å². The monoisotopic (exact) mass is 554 g/mol. The van der Waals surface area contributed by atoms with Gasteiger partial charge in [-0.1, -0.05) is 35.9 Å². The predicted molar refractivity (Wildman–Crippen MR) is 146 cm³/mol. The van der Waals surface area contributed by atoms with E-state index in [2.05, 4.69) is 5.32 Å². The molecular weight excluding hydrogens is 523 g/mol. The molecule has 7 nitrogen and oxygen atoms in total. The van der Waals surface area contributed by atoms with Gasteiger partial charge < -0.3 is 29.5 Å². The highest BCUT2D eigenvalue weighted by Crippen LogP contribution is 2.68. The average Bonchev–Trinajstić information content (AvgIpc) is 3.32. The predicted octanol–water partition coefficient (Wildman–Crippen LogP) is 5.58. The summed E-state index contributed by atoms with van der Waals surface area (Å²) in [6.07, 6.45) is 0.259. The Labute approximate surface area is 232 Å². The topological polar surface area (TPSA) is 80.3 Å². The Hall–Kier alpha value is -3.49. The molecule has 3 aromatic carbocycles. The molecule has 3 aromatic rings. The van der Waals surface area contributed by atoms with Crippen LogP contribution in [-0.4, -0.2) is 49.4 Å². The molecule has 0 bridgehead atoms. The molecular formula is C30H32ClFN2O5. The van der Waals surface area contributed by atoms with Crippen molar-refractivity contribution in [1.29, 1.82) is 0 Å². The Morgan fingerprint density at radius 1 is 1.15 bits per heavy atom. The summed E-state index contributed by atoms with van der Waals surface area (Å²) in [5.41, 5.74) is -1.66. The van der Waals surface area contributed by atoms with Crippen LogP contribution in [0.15, 0.2) is 60.7 Å². The number of benzene rings is 3. The fourth-order valence-corrected chi connectivity index (χ4v) is 6.13. The molecule has 2 aliphatic rings. The van der Waals surface area contributed by atoms with Crippen molar-refractivity contribution in [2.24, 2.45) is 0 Å². The van der Waals surface area contributed by atoms with Crippen molar-refractivity contribution in [3.05, 3.63) is 88.2 Å². The number of halogens is 2. The molecule has 39 heavy (non-hydrogen) atoms. The second kappa shape index (κ2) is 9.92. The lowest BCUT2D eigenvalue weighted by atomic mass is 9.71. The third kappa shape index (κ3) is 4.08. The third-order valence-electron chi connectivity index (χ3n) is 8.10. The highest BCUT2D eigenvalue weighted by atomic mass is 35.5. The number of ether oxygens (including phenoxy) is 3. The number of hydrogen-bond acceptors (Lipinski definition) is 5. The van der Waals surface area contributed by atoms with Gasteiger partial charge in [-0.25, -0.2) is 9.18 Å². The third-order valence-corrected chi connectivity index (χ3v) is 8.35. The number of hydrogen-bond donors (Lipinski definition) is 2. The number of nitrogens with one attached hydrogen (secondary N) is 1. The van der Waals surface area contributed by atoms with Crippen LogP contribution in [0, 0.1) is 5.82 Å². The maximum Gasteiger partial charge on any atom is 0.317 e. The van der Waals surface area contributed by atoms with Crippen molar-refractivity contribution in [2.45, 2.75) is 49.5 Å². The summed E-state index contributed by atoms with van der Waals surface area (Å²) < 4.78 is 32.6. The van der Waals surface area contributed by atoms with Gasteiger partial charge in [0.15, 0.2) is 11.2 Å². The van der Waals surface area contributed by atoms with E-state index in [4.69, 9.17) is 25.8 Å². The molecule has 1 fully saturated rings. The van der Waals surface area contributed by atoms with Gasteiger partial charge in [-0.2, -0.15) is 0 Å². The van der Waals surface area contributed by atoms with E-state index in [9.17, 15) is 14.3 Å². The SMILES string of the molecule is COc1cc(OC)c2c(c1)O[C@@]1(c3ccc(Cl)cc3)[C@H](c3cccc(F)c3)C[C@H](NC(=O)N(C)C(C)C)[C@@]21O. The molecule has 0 aromatic heterocycles. The molecule has 9 heteroatoms.